The van der Waals surface area contributed by atoms with Crippen molar-refractivity contribution < 1.29 is 4.74 Å². The Kier molecular flexibility index (Phi) is 0.995. The molecular weight excluding hydrogens is 112 g/mol. The number of rotatable bonds is 1. The van der Waals surface area contributed by atoms with E-state index in [0.29, 0.717) is 12.2 Å². The van der Waals surface area contributed by atoms with E-state index in [1.54, 1.807) is 0 Å². The Balaban J connectivity index is 2.16. The molecule has 48 valence electrons. The fourth-order valence-corrected chi connectivity index (χ4v) is 1.15. The van der Waals surface area contributed by atoms with Gasteiger partial charge in [0.05, 0.1) is 0 Å². The van der Waals surface area contributed by atoms with Crippen LogP contribution in [0.4, 0.5) is 0 Å². The summed E-state index contributed by atoms with van der Waals surface area (Å²) in [4.78, 5) is 0. The summed E-state index contributed by atoms with van der Waals surface area (Å²) in [6.45, 7) is 2.17. The number of fused-ring (bicyclic) bond motifs is 1. The van der Waals surface area contributed by atoms with E-state index in [-0.39, 0.29) is 0 Å². The predicted molar refractivity (Wildman–Crippen MR) is 36.2 cm³/mol. The molecule has 1 heteroatoms. The van der Waals surface area contributed by atoms with E-state index >= 15 is 0 Å². The van der Waals surface area contributed by atoms with Gasteiger partial charge in [-0.2, -0.15) is 0 Å². The van der Waals surface area contributed by atoms with Crippen molar-refractivity contribution in [1.82, 2.24) is 0 Å². The summed E-state index contributed by atoms with van der Waals surface area (Å²) in [6.07, 6.45) is 8.51. The second-order valence-electron chi connectivity index (χ2n) is 2.52. The molecule has 0 amide bonds. The molecule has 1 saturated heterocycles. The van der Waals surface area contributed by atoms with Gasteiger partial charge in [0.2, 0.25) is 0 Å². The zero-order valence-corrected chi connectivity index (χ0v) is 5.50. The topological polar surface area (TPSA) is 12.5 Å². The van der Waals surface area contributed by atoms with Crippen LogP contribution in [-0.4, -0.2) is 12.2 Å². The minimum absolute atomic E-state index is 0.431. The third kappa shape index (κ3) is 0.815. The van der Waals surface area contributed by atoms with Gasteiger partial charge < -0.3 is 4.74 Å². The lowest BCUT2D eigenvalue weighted by atomic mass is 10.1. The van der Waals surface area contributed by atoms with Gasteiger partial charge in [-0.05, 0) is 18.1 Å². The normalized spacial score (nSPS) is 37.7. The first kappa shape index (κ1) is 5.24. The summed E-state index contributed by atoms with van der Waals surface area (Å²) < 4.78 is 5.25. The molecule has 0 radical (unpaired) electrons. The summed E-state index contributed by atoms with van der Waals surface area (Å²) >= 11 is 0. The van der Waals surface area contributed by atoms with Crippen LogP contribution in [0, 0.1) is 0 Å². The summed E-state index contributed by atoms with van der Waals surface area (Å²) in [7, 11) is 0. The highest BCUT2D eigenvalue weighted by molar-refractivity contribution is 5.31. The Labute approximate surface area is 55.0 Å². The van der Waals surface area contributed by atoms with Gasteiger partial charge in [-0.25, -0.2) is 0 Å². The van der Waals surface area contributed by atoms with Crippen LogP contribution in [0.3, 0.4) is 0 Å². The Morgan fingerprint density at radius 1 is 1.56 bits per heavy atom. The molecule has 2 rings (SSSR count). The van der Waals surface area contributed by atoms with E-state index in [1.807, 2.05) is 0 Å². The molecule has 0 bridgehead atoms. The molecule has 1 heterocycles. The van der Waals surface area contributed by atoms with E-state index < -0.39 is 0 Å². The molecular formula is C8H10O. The predicted octanol–water partition coefficient (Wildman–Crippen LogP) is 1.66. The molecule has 2 aliphatic rings. The maximum atomic E-state index is 5.25. The summed E-state index contributed by atoms with van der Waals surface area (Å²) in [5.74, 6) is 0. The SMILES string of the molecule is CCC1=CC2OC2C=C1. The van der Waals surface area contributed by atoms with Crippen molar-refractivity contribution in [2.45, 2.75) is 25.6 Å². The zero-order valence-electron chi connectivity index (χ0n) is 5.50. The molecule has 0 N–H and O–H groups in total. The molecule has 2 unspecified atom stereocenters. The summed E-state index contributed by atoms with van der Waals surface area (Å²) in [6, 6.07) is 0. The molecule has 2 atom stereocenters. The molecule has 1 aliphatic carbocycles. The van der Waals surface area contributed by atoms with Gasteiger partial charge in [0.1, 0.15) is 12.2 Å². The number of hydrogen-bond donors (Lipinski definition) is 0. The maximum absolute atomic E-state index is 5.25. The molecule has 9 heavy (non-hydrogen) atoms. The van der Waals surface area contributed by atoms with Crippen molar-refractivity contribution >= 4 is 0 Å². The summed E-state index contributed by atoms with van der Waals surface area (Å²) in [5, 5.41) is 0. The Morgan fingerprint density at radius 2 is 2.44 bits per heavy atom. The molecule has 0 aromatic heterocycles. The van der Waals surface area contributed by atoms with Crippen LogP contribution in [-0.2, 0) is 4.74 Å². The number of epoxide rings is 1. The van der Waals surface area contributed by atoms with Crippen LogP contribution in [0.25, 0.3) is 0 Å². The largest absolute Gasteiger partial charge is 0.361 e. The van der Waals surface area contributed by atoms with E-state index in [9.17, 15) is 0 Å². The second-order valence-corrected chi connectivity index (χ2v) is 2.52. The van der Waals surface area contributed by atoms with Crippen molar-refractivity contribution in [1.29, 1.82) is 0 Å². The van der Waals surface area contributed by atoms with Crippen LogP contribution in [0.2, 0.25) is 0 Å². The summed E-state index contributed by atoms with van der Waals surface area (Å²) in [5.41, 5.74) is 1.41. The second kappa shape index (κ2) is 1.71. The fraction of sp³-hybridized carbons (Fsp3) is 0.500. The molecule has 0 aromatic carbocycles. The first-order valence-corrected chi connectivity index (χ1v) is 3.44. The van der Waals surface area contributed by atoms with E-state index in [2.05, 4.69) is 25.2 Å². The molecule has 1 nitrogen and oxygen atoms in total. The highest BCUT2D eigenvalue weighted by Gasteiger charge is 2.36. The maximum Gasteiger partial charge on any atom is 0.107 e. The van der Waals surface area contributed by atoms with Crippen LogP contribution in [0.15, 0.2) is 23.8 Å². The van der Waals surface area contributed by atoms with Gasteiger partial charge in [-0.15, -0.1) is 0 Å². The highest BCUT2D eigenvalue weighted by Crippen LogP contribution is 2.30. The minimum Gasteiger partial charge on any atom is -0.361 e. The van der Waals surface area contributed by atoms with Gasteiger partial charge in [0.25, 0.3) is 0 Å². The quantitative estimate of drug-likeness (QED) is 0.482. The third-order valence-corrected chi connectivity index (χ3v) is 1.85. The lowest BCUT2D eigenvalue weighted by Crippen LogP contribution is -1.92. The van der Waals surface area contributed by atoms with E-state index in [1.165, 1.54) is 5.57 Å². The van der Waals surface area contributed by atoms with Crippen LogP contribution in [0.1, 0.15) is 13.3 Å². The van der Waals surface area contributed by atoms with Crippen molar-refractivity contribution in [2.24, 2.45) is 0 Å². The smallest absolute Gasteiger partial charge is 0.107 e. The van der Waals surface area contributed by atoms with Gasteiger partial charge >= 0.3 is 0 Å². The van der Waals surface area contributed by atoms with Crippen molar-refractivity contribution in [3.05, 3.63) is 23.8 Å². The monoisotopic (exact) mass is 122 g/mol. The van der Waals surface area contributed by atoms with Gasteiger partial charge in [0, 0.05) is 0 Å². The molecule has 0 aromatic rings. The molecule has 0 spiro atoms. The van der Waals surface area contributed by atoms with Crippen LogP contribution >= 0.6 is 0 Å². The van der Waals surface area contributed by atoms with Crippen LogP contribution in [0.5, 0.6) is 0 Å². The Bertz CT molecular complexity index is 179. The minimum atomic E-state index is 0.431. The van der Waals surface area contributed by atoms with E-state index in [4.69, 9.17) is 4.74 Å². The Morgan fingerprint density at radius 3 is 3.11 bits per heavy atom. The zero-order chi connectivity index (χ0) is 6.27. The number of hydrogen-bond acceptors (Lipinski definition) is 1. The average molecular weight is 122 g/mol. The van der Waals surface area contributed by atoms with Gasteiger partial charge in [-0.1, -0.05) is 19.1 Å². The lowest BCUT2D eigenvalue weighted by Gasteiger charge is -1.97. The average Bonchev–Trinajstić information content (AvgIpc) is 2.64. The van der Waals surface area contributed by atoms with Crippen LogP contribution < -0.4 is 0 Å². The molecule has 1 aliphatic heterocycles. The number of allylic oxidation sites excluding steroid dienone is 2. The fourth-order valence-electron chi connectivity index (χ4n) is 1.15. The highest BCUT2D eigenvalue weighted by atomic mass is 16.6. The lowest BCUT2D eigenvalue weighted by molar-refractivity contribution is 0.414. The van der Waals surface area contributed by atoms with Crippen molar-refractivity contribution in [3.8, 4) is 0 Å². The van der Waals surface area contributed by atoms with Crippen molar-refractivity contribution in [3.63, 3.8) is 0 Å². The molecule has 1 fully saturated rings. The standard InChI is InChI=1S/C8H10O/c1-2-6-3-4-7-8(5-6)9-7/h3-5,7-8H,2H2,1H3. The first-order valence-electron chi connectivity index (χ1n) is 3.44. The van der Waals surface area contributed by atoms with Gasteiger partial charge in [-0.3, -0.25) is 0 Å². The third-order valence-electron chi connectivity index (χ3n) is 1.85. The number of ether oxygens (including phenoxy) is 1. The van der Waals surface area contributed by atoms with Gasteiger partial charge in [0.15, 0.2) is 0 Å². The van der Waals surface area contributed by atoms with Crippen molar-refractivity contribution in [2.75, 3.05) is 0 Å². The first-order chi connectivity index (χ1) is 4.40. The van der Waals surface area contributed by atoms with E-state index in [0.717, 1.165) is 6.42 Å². The Hall–Kier alpha value is -0.560. The molecule has 0 saturated carbocycles.